The number of H-pyrrole nitrogens is 2. The van der Waals surface area contributed by atoms with Crippen LogP contribution in [0.15, 0.2) is 72.8 Å². The van der Waals surface area contributed by atoms with Crippen LogP contribution in [0.3, 0.4) is 0 Å². The predicted octanol–water partition coefficient (Wildman–Crippen LogP) is 3.63. The predicted molar refractivity (Wildman–Crippen MR) is 106 cm³/mol. The van der Waals surface area contributed by atoms with Crippen LogP contribution < -0.4 is 4.74 Å². The van der Waals surface area contributed by atoms with Gasteiger partial charge < -0.3 is 9.72 Å². The molecule has 0 unspecified atom stereocenters. The maximum Gasteiger partial charge on any atom is 0.379 e. The zero-order chi connectivity index (χ0) is 19.6. The average molecular weight is 382 g/mol. The summed E-state index contributed by atoms with van der Waals surface area (Å²) in [5, 5.41) is 14.0. The number of esters is 1. The first kappa shape index (κ1) is 16.8. The van der Waals surface area contributed by atoms with Crippen molar-refractivity contribution in [1.29, 1.82) is 0 Å². The summed E-state index contributed by atoms with van der Waals surface area (Å²) in [5.41, 5.74) is 4.29. The van der Waals surface area contributed by atoms with Crippen LogP contribution in [0.4, 0.5) is 0 Å². The summed E-state index contributed by atoms with van der Waals surface area (Å²) in [7, 11) is 0. The number of hydrogen-bond acceptors (Lipinski definition) is 6. The lowest BCUT2D eigenvalue weighted by molar-refractivity contribution is 0.0723. The average Bonchev–Trinajstić information content (AvgIpc) is 3.44. The number of aromatic amines is 2. The monoisotopic (exact) mass is 382 g/mol. The molecule has 0 spiro atoms. The molecule has 29 heavy (non-hydrogen) atoms. The maximum atomic E-state index is 12.4. The molecule has 0 saturated heterocycles. The van der Waals surface area contributed by atoms with Crippen molar-refractivity contribution >= 4 is 17.0 Å². The minimum Gasteiger partial charge on any atom is -0.421 e. The molecule has 5 aromatic rings. The van der Waals surface area contributed by atoms with Crippen molar-refractivity contribution in [3.63, 3.8) is 0 Å². The van der Waals surface area contributed by atoms with Crippen molar-refractivity contribution in [2.24, 2.45) is 0 Å². The zero-order valence-corrected chi connectivity index (χ0v) is 15.0. The highest BCUT2D eigenvalue weighted by atomic mass is 16.5. The number of aromatic nitrogens is 6. The fourth-order valence-corrected chi connectivity index (χ4v) is 3.12. The molecule has 140 valence electrons. The van der Waals surface area contributed by atoms with E-state index in [4.69, 9.17) is 4.74 Å². The third-order valence-corrected chi connectivity index (χ3v) is 4.49. The van der Waals surface area contributed by atoms with E-state index < -0.39 is 5.97 Å². The van der Waals surface area contributed by atoms with Gasteiger partial charge in [0.1, 0.15) is 5.75 Å². The Balaban J connectivity index is 1.39. The van der Waals surface area contributed by atoms with E-state index in [2.05, 4.69) is 30.6 Å². The molecule has 0 atom stereocenters. The van der Waals surface area contributed by atoms with Gasteiger partial charge in [0.25, 0.3) is 0 Å². The highest BCUT2D eigenvalue weighted by molar-refractivity contribution is 5.91. The number of para-hydroxylation sites is 2. The third-order valence-electron chi connectivity index (χ3n) is 4.49. The van der Waals surface area contributed by atoms with Gasteiger partial charge in [-0.05, 0) is 45.8 Å². The normalized spacial score (nSPS) is 10.9. The van der Waals surface area contributed by atoms with Crippen LogP contribution in [0.2, 0.25) is 0 Å². The van der Waals surface area contributed by atoms with Crippen LogP contribution in [0.5, 0.6) is 5.75 Å². The molecule has 2 N–H and O–H groups in total. The number of carbonyl (C=O) groups excluding carboxylic acids is 1. The molecule has 5 rings (SSSR count). The molecular weight excluding hydrogens is 368 g/mol. The largest absolute Gasteiger partial charge is 0.421 e. The first-order valence-electron chi connectivity index (χ1n) is 8.88. The molecule has 2 aromatic heterocycles. The summed E-state index contributed by atoms with van der Waals surface area (Å²) in [4.78, 5) is 19.6. The molecule has 8 heteroatoms. The molecular formula is C21H14N6O2. The Hall–Kier alpha value is -4.33. The summed E-state index contributed by atoms with van der Waals surface area (Å²) < 4.78 is 5.45. The quantitative estimate of drug-likeness (QED) is 0.363. The van der Waals surface area contributed by atoms with Gasteiger partial charge in [0.2, 0.25) is 5.82 Å². The van der Waals surface area contributed by atoms with Gasteiger partial charge in [-0.1, -0.05) is 48.5 Å². The number of nitrogens with zero attached hydrogens (tertiary/aromatic N) is 4. The molecule has 0 bridgehead atoms. The zero-order valence-electron chi connectivity index (χ0n) is 15.0. The number of imidazole rings is 1. The summed E-state index contributed by atoms with van der Waals surface area (Å²) in [6, 6.07) is 22.5. The van der Waals surface area contributed by atoms with Gasteiger partial charge in [-0.3, -0.25) is 0 Å². The van der Waals surface area contributed by atoms with Gasteiger partial charge in [0.05, 0.1) is 11.0 Å². The van der Waals surface area contributed by atoms with Crippen LogP contribution in [0.25, 0.3) is 33.5 Å². The second-order valence-corrected chi connectivity index (χ2v) is 6.31. The molecule has 3 aromatic carbocycles. The van der Waals surface area contributed by atoms with Crippen molar-refractivity contribution < 1.29 is 9.53 Å². The van der Waals surface area contributed by atoms with E-state index in [1.165, 1.54) is 0 Å². The summed E-state index contributed by atoms with van der Waals surface area (Å²) >= 11 is 0. The van der Waals surface area contributed by atoms with E-state index in [1.54, 1.807) is 12.1 Å². The smallest absolute Gasteiger partial charge is 0.379 e. The van der Waals surface area contributed by atoms with Crippen molar-refractivity contribution in [3.05, 3.63) is 78.6 Å². The first-order valence-corrected chi connectivity index (χ1v) is 8.88. The fraction of sp³-hybridized carbons (Fsp3) is 0. The van der Waals surface area contributed by atoms with Crippen LogP contribution in [0, 0.1) is 0 Å². The van der Waals surface area contributed by atoms with Gasteiger partial charge in [-0.15, -0.1) is 5.10 Å². The van der Waals surface area contributed by atoms with Gasteiger partial charge in [0, 0.05) is 5.56 Å². The lowest BCUT2D eigenvalue weighted by Crippen LogP contribution is -2.10. The lowest BCUT2D eigenvalue weighted by atomic mass is 9.99. The minimum absolute atomic E-state index is 0.165. The number of carbonyl (C=O) groups is 1. The Bertz CT molecular complexity index is 1260. The number of fused-ring (bicyclic) bond motifs is 1. The second-order valence-electron chi connectivity index (χ2n) is 6.31. The summed E-state index contributed by atoms with van der Waals surface area (Å²) in [5.74, 6) is 0.638. The number of tetrazole rings is 1. The minimum atomic E-state index is -0.540. The highest BCUT2D eigenvalue weighted by Gasteiger charge is 2.15. The standard InChI is InChI=1S/C21H14N6O2/c28-21(20-22-17-7-3-4-8-18(17)23-20)29-14-11-9-13(10-12-14)15-5-1-2-6-16(15)19-24-26-27-25-19/h1-12H,(H,22,23)(H,24,25,26,27). The lowest BCUT2D eigenvalue weighted by Gasteiger charge is -2.08. The van der Waals surface area contributed by atoms with Crippen LogP contribution in [-0.4, -0.2) is 36.6 Å². The number of benzene rings is 3. The molecule has 0 aliphatic rings. The molecule has 8 nitrogen and oxygen atoms in total. The number of ether oxygens (including phenoxy) is 1. The fourth-order valence-electron chi connectivity index (χ4n) is 3.12. The van der Waals surface area contributed by atoms with E-state index >= 15 is 0 Å². The second kappa shape index (κ2) is 7.01. The number of nitrogens with one attached hydrogen (secondary N) is 2. The number of rotatable bonds is 4. The van der Waals surface area contributed by atoms with E-state index in [1.807, 2.05) is 60.7 Å². The first-order chi connectivity index (χ1) is 14.3. The third kappa shape index (κ3) is 3.23. The van der Waals surface area contributed by atoms with Crippen LogP contribution in [0.1, 0.15) is 10.6 Å². The molecule has 0 aliphatic heterocycles. The molecule has 0 saturated carbocycles. The SMILES string of the molecule is O=C(Oc1ccc(-c2ccccc2-c2nnn[nH]2)cc1)c1nc2ccccc2[nH]1. The van der Waals surface area contributed by atoms with Crippen LogP contribution in [-0.2, 0) is 0 Å². The Morgan fingerprint density at radius 3 is 2.38 bits per heavy atom. The van der Waals surface area contributed by atoms with E-state index in [0.717, 1.165) is 22.2 Å². The molecule has 2 heterocycles. The van der Waals surface area contributed by atoms with Crippen molar-refractivity contribution in [1.82, 2.24) is 30.6 Å². The van der Waals surface area contributed by atoms with E-state index in [9.17, 15) is 4.79 Å². The Labute approximate surface area is 164 Å². The van der Waals surface area contributed by atoms with E-state index in [-0.39, 0.29) is 5.82 Å². The van der Waals surface area contributed by atoms with Gasteiger partial charge in [0.15, 0.2) is 5.82 Å². The molecule has 0 radical (unpaired) electrons. The van der Waals surface area contributed by atoms with Crippen LogP contribution >= 0.6 is 0 Å². The highest BCUT2D eigenvalue weighted by Crippen LogP contribution is 2.30. The van der Waals surface area contributed by atoms with Crippen molar-refractivity contribution in [2.45, 2.75) is 0 Å². The van der Waals surface area contributed by atoms with E-state index in [0.29, 0.717) is 17.1 Å². The Morgan fingerprint density at radius 2 is 1.62 bits per heavy atom. The Morgan fingerprint density at radius 1 is 0.862 bits per heavy atom. The van der Waals surface area contributed by atoms with Crippen molar-refractivity contribution in [2.75, 3.05) is 0 Å². The number of hydrogen-bond donors (Lipinski definition) is 2. The Kier molecular flexibility index (Phi) is 4.06. The van der Waals surface area contributed by atoms with Gasteiger partial charge in [-0.25, -0.2) is 14.9 Å². The summed E-state index contributed by atoms with van der Waals surface area (Å²) in [6.07, 6.45) is 0. The van der Waals surface area contributed by atoms with Crippen molar-refractivity contribution in [3.8, 4) is 28.3 Å². The molecule has 0 aliphatic carbocycles. The van der Waals surface area contributed by atoms with Gasteiger partial charge >= 0.3 is 5.97 Å². The van der Waals surface area contributed by atoms with Gasteiger partial charge in [-0.2, -0.15) is 0 Å². The maximum absolute atomic E-state index is 12.4. The molecule has 0 amide bonds. The summed E-state index contributed by atoms with van der Waals surface area (Å²) in [6.45, 7) is 0. The topological polar surface area (TPSA) is 109 Å². The molecule has 0 fully saturated rings.